The number of amides is 3. The Morgan fingerprint density at radius 1 is 1.10 bits per heavy atom. The molecule has 0 radical (unpaired) electrons. The molecule has 0 aliphatic heterocycles. The highest BCUT2D eigenvalue weighted by Gasteiger charge is 2.11. The van der Waals surface area contributed by atoms with Crippen molar-refractivity contribution in [3.63, 3.8) is 0 Å². The lowest BCUT2D eigenvalue weighted by Gasteiger charge is -2.08. The average Bonchev–Trinajstić information content (AvgIpc) is 2.38. The van der Waals surface area contributed by atoms with Gasteiger partial charge in [-0.05, 0) is 46.3 Å². The lowest BCUT2D eigenvalue weighted by Crippen LogP contribution is -2.19. The molecular formula is C13H11BrN4O2. The smallest absolute Gasteiger partial charge is 0.316 e. The maximum Gasteiger partial charge on any atom is 0.316 e. The molecule has 0 saturated carbocycles. The fourth-order valence-corrected chi connectivity index (χ4v) is 2.00. The Bertz CT molecular complexity index is 660. The van der Waals surface area contributed by atoms with Crippen LogP contribution in [0.4, 0.5) is 16.2 Å². The van der Waals surface area contributed by atoms with Gasteiger partial charge in [-0.2, -0.15) is 0 Å². The van der Waals surface area contributed by atoms with E-state index in [2.05, 4.69) is 31.5 Å². The van der Waals surface area contributed by atoms with Crippen molar-refractivity contribution in [1.29, 1.82) is 0 Å². The number of halogens is 1. The van der Waals surface area contributed by atoms with E-state index >= 15 is 0 Å². The van der Waals surface area contributed by atoms with E-state index in [1.165, 1.54) is 6.20 Å². The number of aromatic nitrogens is 1. The minimum atomic E-state index is -0.666. The maximum absolute atomic E-state index is 12.1. The van der Waals surface area contributed by atoms with Crippen molar-refractivity contribution >= 4 is 39.2 Å². The molecule has 0 spiro atoms. The average molecular weight is 335 g/mol. The van der Waals surface area contributed by atoms with Crippen LogP contribution in [-0.2, 0) is 0 Å². The minimum Gasteiger partial charge on any atom is -0.351 e. The number of nitrogens with two attached hydrogens (primary N) is 1. The fraction of sp³-hybridized carbons (Fsp3) is 0. The maximum atomic E-state index is 12.1. The third-order valence-electron chi connectivity index (χ3n) is 2.36. The monoisotopic (exact) mass is 334 g/mol. The Kier molecular flexibility index (Phi) is 4.31. The standard InChI is InChI=1S/C13H11BrN4O2/c14-10-5-2-6-16-11(10)12(19)17-8-3-1-4-9(7-8)18-13(15)20/h1-7H,(H,17,19)(H3,15,18,20). The Morgan fingerprint density at radius 3 is 2.45 bits per heavy atom. The second-order valence-electron chi connectivity index (χ2n) is 3.86. The number of carbonyl (C=O) groups excluding carboxylic acids is 2. The van der Waals surface area contributed by atoms with Gasteiger partial charge >= 0.3 is 6.03 Å². The number of hydrogen-bond donors (Lipinski definition) is 3. The van der Waals surface area contributed by atoms with Gasteiger partial charge in [0.2, 0.25) is 0 Å². The molecule has 0 aliphatic rings. The largest absolute Gasteiger partial charge is 0.351 e. The van der Waals surface area contributed by atoms with Gasteiger partial charge in [-0.3, -0.25) is 4.79 Å². The highest BCUT2D eigenvalue weighted by atomic mass is 79.9. The van der Waals surface area contributed by atoms with Crippen molar-refractivity contribution in [2.24, 2.45) is 5.73 Å². The van der Waals surface area contributed by atoms with E-state index < -0.39 is 6.03 Å². The molecule has 1 aromatic carbocycles. The minimum absolute atomic E-state index is 0.278. The van der Waals surface area contributed by atoms with E-state index in [1.54, 1.807) is 36.4 Å². The molecule has 0 bridgehead atoms. The summed E-state index contributed by atoms with van der Waals surface area (Å²) in [6.45, 7) is 0. The van der Waals surface area contributed by atoms with E-state index in [0.29, 0.717) is 15.8 Å². The van der Waals surface area contributed by atoms with Gasteiger partial charge in [0, 0.05) is 22.0 Å². The van der Waals surface area contributed by atoms with Crippen molar-refractivity contribution in [2.45, 2.75) is 0 Å². The first-order chi connectivity index (χ1) is 9.56. The number of hydrogen-bond acceptors (Lipinski definition) is 3. The molecule has 3 amide bonds. The number of nitrogens with zero attached hydrogens (tertiary/aromatic N) is 1. The summed E-state index contributed by atoms with van der Waals surface area (Å²) in [5, 5.41) is 5.12. The van der Waals surface area contributed by atoms with Gasteiger partial charge in [-0.1, -0.05) is 6.07 Å². The van der Waals surface area contributed by atoms with E-state index in [1.807, 2.05) is 0 Å². The van der Waals surface area contributed by atoms with Crippen molar-refractivity contribution in [3.05, 3.63) is 52.8 Å². The number of benzene rings is 1. The summed E-state index contributed by atoms with van der Waals surface area (Å²) in [6, 6.07) is 9.43. The predicted octanol–water partition coefficient (Wildman–Crippen LogP) is 2.59. The molecule has 2 rings (SSSR count). The molecule has 2 aromatic rings. The predicted molar refractivity (Wildman–Crippen MR) is 79.5 cm³/mol. The molecule has 1 aromatic heterocycles. The SMILES string of the molecule is NC(=O)Nc1cccc(NC(=O)c2ncccc2Br)c1. The molecule has 0 saturated heterocycles. The van der Waals surface area contributed by atoms with Gasteiger partial charge in [0.15, 0.2) is 0 Å². The molecule has 1 heterocycles. The number of anilines is 2. The zero-order valence-corrected chi connectivity index (χ0v) is 11.8. The molecule has 0 fully saturated rings. The molecule has 6 nitrogen and oxygen atoms in total. The van der Waals surface area contributed by atoms with Gasteiger partial charge in [0.1, 0.15) is 5.69 Å². The molecule has 4 N–H and O–H groups in total. The molecule has 0 aliphatic carbocycles. The number of urea groups is 1. The molecule has 20 heavy (non-hydrogen) atoms. The molecule has 102 valence electrons. The van der Waals surface area contributed by atoms with Crippen LogP contribution in [-0.4, -0.2) is 16.9 Å². The summed E-state index contributed by atoms with van der Waals surface area (Å²) in [5.41, 5.74) is 6.33. The van der Waals surface area contributed by atoms with Crippen molar-refractivity contribution in [2.75, 3.05) is 10.6 Å². The van der Waals surface area contributed by atoms with Crippen LogP contribution in [0.15, 0.2) is 47.1 Å². The lowest BCUT2D eigenvalue weighted by atomic mass is 10.2. The van der Waals surface area contributed by atoms with Crippen molar-refractivity contribution in [1.82, 2.24) is 4.98 Å². The van der Waals surface area contributed by atoms with Crippen LogP contribution < -0.4 is 16.4 Å². The first kappa shape index (κ1) is 14.0. The zero-order chi connectivity index (χ0) is 14.5. The topological polar surface area (TPSA) is 97.1 Å². The number of rotatable bonds is 3. The van der Waals surface area contributed by atoms with Crippen LogP contribution in [0.3, 0.4) is 0 Å². The Labute approximate surface area is 123 Å². The Hall–Kier alpha value is -2.41. The Balaban J connectivity index is 2.16. The Morgan fingerprint density at radius 2 is 1.80 bits per heavy atom. The third kappa shape index (κ3) is 3.55. The number of carbonyl (C=O) groups is 2. The zero-order valence-electron chi connectivity index (χ0n) is 10.3. The summed E-state index contributed by atoms with van der Waals surface area (Å²) < 4.78 is 0.601. The second kappa shape index (κ2) is 6.16. The van der Waals surface area contributed by atoms with Crippen molar-refractivity contribution in [3.8, 4) is 0 Å². The van der Waals surface area contributed by atoms with E-state index in [-0.39, 0.29) is 11.6 Å². The number of nitrogens with one attached hydrogen (secondary N) is 2. The summed E-state index contributed by atoms with van der Waals surface area (Å²) >= 11 is 3.26. The van der Waals surface area contributed by atoms with Crippen LogP contribution in [0.2, 0.25) is 0 Å². The molecule has 0 atom stereocenters. The summed E-state index contributed by atoms with van der Waals surface area (Å²) in [5.74, 6) is -0.353. The number of pyridine rings is 1. The summed E-state index contributed by atoms with van der Waals surface area (Å²) in [7, 11) is 0. The highest BCUT2D eigenvalue weighted by Crippen LogP contribution is 2.18. The third-order valence-corrected chi connectivity index (χ3v) is 3.00. The number of primary amides is 1. The highest BCUT2D eigenvalue weighted by molar-refractivity contribution is 9.10. The normalized spacial score (nSPS) is 9.85. The molecular weight excluding hydrogens is 324 g/mol. The van der Waals surface area contributed by atoms with Crippen LogP contribution in [0.5, 0.6) is 0 Å². The first-order valence-corrected chi connectivity index (χ1v) is 6.44. The van der Waals surface area contributed by atoms with Gasteiger partial charge < -0.3 is 16.4 Å². The van der Waals surface area contributed by atoms with Crippen LogP contribution in [0.25, 0.3) is 0 Å². The summed E-state index contributed by atoms with van der Waals surface area (Å²) in [6.07, 6.45) is 1.53. The van der Waals surface area contributed by atoms with Gasteiger partial charge in [-0.15, -0.1) is 0 Å². The fourth-order valence-electron chi connectivity index (χ4n) is 1.56. The van der Waals surface area contributed by atoms with Crippen molar-refractivity contribution < 1.29 is 9.59 Å². The van der Waals surface area contributed by atoms with Gasteiger partial charge in [0.05, 0.1) is 0 Å². The first-order valence-electron chi connectivity index (χ1n) is 5.64. The van der Waals surface area contributed by atoms with E-state index in [9.17, 15) is 9.59 Å². The quantitative estimate of drug-likeness (QED) is 0.804. The molecule has 0 unspecified atom stereocenters. The van der Waals surface area contributed by atoms with E-state index in [4.69, 9.17) is 5.73 Å². The second-order valence-corrected chi connectivity index (χ2v) is 4.71. The van der Waals surface area contributed by atoms with E-state index in [0.717, 1.165) is 0 Å². The van der Waals surface area contributed by atoms with Crippen LogP contribution in [0.1, 0.15) is 10.5 Å². The van der Waals surface area contributed by atoms with Crippen LogP contribution in [0, 0.1) is 0 Å². The van der Waals surface area contributed by atoms with Gasteiger partial charge in [0.25, 0.3) is 5.91 Å². The summed E-state index contributed by atoms with van der Waals surface area (Å²) in [4.78, 5) is 26.8. The van der Waals surface area contributed by atoms with Crippen LogP contribution >= 0.6 is 15.9 Å². The van der Waals surface area contributed by atoms with Gasteiger partial charge in [-0.25, -0.2) is 9.78 Å². The molecule has 7 heteroatoms. The lowest BCUT2D eigenvalue weighted by molar-refractivity contribution is 0.102.